The number of carbonyl (C=O) groups is 1. The number of aryl methyl sites for hydroxylation is 1. The van der Waals surface area contributed by atoms with Crippen molar-refractivity contribution in [1.82, 2.24) is 19.7 Å². The van der Waals surface area contributed by atoms with E-state index in [1.165, 1.54) is 11.3 Å². The van der Waals surface area contributed by atoms with Gasteiger partial charge >= 0.3 is 0 Å². The molecule has 0 fully saturated rings. The van der Waals surface area contributed by atoms with Crippen molar-refractivity contribution in [3.8, 4) is 5.75 Å². The molecule has 1 amide bonds. The Labute approximate surface area is 163 Å². The van der Waals surface area contributed by atoms with Crippen molar-refractivity contribution in [3.63, 3.8) is 0 Å². The standard InChI is InChI=1S/C19H25N5O2S/c1-5-23(6-2)12-13-24(18(25)14-10-11-20-22(14)3)19-21-17-15(26-4)8-7-9-16(17)27-19/h7-11H,5-6,12-13H2,1-4H3. The largest absolute Gasteiger partial charge is 0.494 e. The first-order chi connectivity index (χ1) is 13.1. The lowest BCUT2D eigenvalue weighted by Crippen LogP contribution is -2.39. The Morgan fingerprint density at radius 2 is 2.00 bits per heavy atom. The predicted octanol–water partition coefficient (Wildman–Crippen LogP) is 3.03. The molecule has 27 heavy (non-hydrogen) atoms. The molecule has 7 nitrogen and oxygen atoms in total. The van der Waals surface area contributed by atoms with Crippen molar-refractivity contribution in [3.05, 3.63) is 36.2 Å². The van der Waals surface area contributed by atoms with Gasteiger partial charge in [-0.2, -0.15) is 5.10 Å². The van der Waals surface area contributed by atoms with Crippen LogP contribution in [0.4, 0.5) is 5.13 Å². The molecule has 0 aliphatic heterocycles. The number of hydrogen-bond donors (Lipinski definition) is 0. The number of ether oxygens (including phenoxy) is 1. The number of likely N-dealkylation sites (N-methyl/N-ethyl adjacent to an activating group) is 1. The Hall–Kier alpha value is -2.45. The molecule has 0 aliphatic rings. The van der Waals surface area contributed by atoms with Gasteiger partial charge in [0.2, 0.25) is 0 Å². The maximum atomic E-state index is 13.2. The molecule has 3 rings (SSSR count). The van der Waals surface area contributed by atoms with Gasteiger partial charge in [0, 0.05) is 26.3 Å². The molecule has 0 saturated heterocycles. The highest BCUT2D eigenvalue weighted by Crippen LogP contribution is 2.34. The molecule has 8 heteroatoms. The molecule has 0 bridgehead atoms. The van der Waals surface area contributed by atoms with Crippen molar-refractivity contribution in [2.75, 3.05) is 38.2 Å². The van der Waals surface area contributed by atoms with Crippen molar-refractivity contribution in [2.45, 2.75) is 13.8 Å². The molecule has 0 aliphatic carbocycles. The fourth-order valence-corrected chi connectivity index (χ4v) is 3.99. The molecule has 2 heterocycles. The van der Waals surface area contributed by atoms with Crippen LogP contribution in [0.15, 0.2) is 30.5 Å². The van der Waals surface area contributed by atoms with E-state index in [1.807, 2.05) is 18.2 Å². The molecule has 0 unspecified atom stereocenters. The molecule has 1 aromatic carbocycles. The molecule has 3 aromatic rings. The van der Waals surface area contributed by atoms with Gasteiger partial charge in [-0.15, -0.1) is 0 Å². The number of benzene rings is 1. The van der Waals surface area contributed by atoms with Gasteiger partial charge in [0.1, 0.15) is 17.0 Å². The highest BCUT2D eigenvalue weighted by Gasteiger charge is 2.24. The number of methoxy groups -OCH3 is 1. The van der Waals surface area contributed by atoms with Crippen LogP contribution in [0, 0.1) is 0 Å². The molecule has 144 valence electrons. The van der Waals surface area contributed by atoms with Gasteiger partial charge in [0.15, 0.2) is 5.13 Å². The fourth-order valence-electron chi connectivity index (χ4n) is 2.98. The topological polar surface area (TPSA) is 63.5 Å². The van der Waals surface area contributed by atoms with E-state index in [-0.39, 0.29) is 5.91 Å². The minimum Gasteiger partial charge on any atom is -0.494 e. The average Bonchev–Trinajstić information content (AvgIpc) is 3.30. The average molecular weight is 388 g/mol. The number of hydrogen-bond acceptors (Lipinski definition) is 6. The van der Waals surface area contributed by atoms with Crippen LogP contribution < -0.4 is 9.64 Å². The van der Waals surface area contributed by atoms with Crippen LogP contribution in [0.25, 0.3) is 10.2 Å². The Morgan fingerprint density at radius 3 is 2.63 bits per heavy atom. The van der Waals surface area contributed by atoms with Gasteiger partial charge in [-0.3, -0.25) is 14.4 Å². The van der Waals surface area contributed by atoms with E-state index in [4.69, 9.17) is 9.72 Å². The van der Waals surface area contributed by atoms with Gasteiger partial charge < -0.3 is 9.64 Å². The third kappa shape index (κ3) is 3.96. The Morgan fingerprint density at radius 1 is 1.22 bits per heavy atom. The quantitative estimate of drug-likeness (QED) is 0.594. The molecule has 0 N–H and O–H groups in total. The fraction of sp³-hybridized carbons (Fsp3) is 0.421. The van der Waals surface area contributed by atoms with Crippen LogP contribution in [-0.2, 0) is 7.05 Å². The van der Waals surface area contributed by atoms with Gasteiger partial charge in [-0.1, -0.05) is 31.3 Å². The lowest BCUT2D eigenvalue weighted by molar-refractivity contribution is 0.0974. The molecular weight excluding hydrogens is 362 g/mol. The van der Waals surface area contributed by atoms with E-state index in [0.29, 0.717) is 23.1 Å². The van der Waals surface area contributed by atoms with E-state index in [0.717, 1.165) is 29.9 Å². The Kier molecular flexibility index (Phi) is 6.08. The van der Waals surface area contributed by atoms with Crippen molar-refractivity contribution in [1.29, 1.82) is 0 Å². The SMILES string of the molecule is CCN(CC)CCN(C(=O)c1ccnn1C)c1nc2c(OC)cccc2s1. The van der Waals surface area contributed by atoms with Crippen LogP contribution in [-0.4, -0.2) is 58.9 Å². The number of rotatable bonds is 8. The normalized spacial score (nSPS) is 11.3. The van der Waals surface area contributed by atoms with Crippen LogP contribution >= 0.6 is 11.3 Å². The van der Waals surface area contributed by atoms with E-state index < -0.39 is 0 Å². The lowest BCUT2D eigenvalue weighted by atomic mass is 10.3. The first-order valence-electron chi connectivity index (χ1n) is 9.04. The summed E-state index contributed by atoms with van der Waals surface area (Å²) in [7, 11) is 3.41. The number of fused-ring (bicyclic) bond motifs is 1. The number of anilines is 1. The van der Waals surface area contributed by atoms with Crippen molar-refractivity contribution >= 4 is 32.6 Å². The number of carbonyl (C=O) groups excluding carboxylic acids is 1. The van der Waals surface area contributed by atoms with Gasteiger partial charge in [-0.05, 0) is 31.3 Å². The zero-order chi connectivity index (χ0) is 19.4. The minimum atomic E-state index is -0.0971. The first kappa shape index (κ1) is 19.3. The second kappa shape index (κ2) is 8.49. The monoisotopic (exact) mass is 387 g/mol. The number of amides is 1. The van der Waals surface area contributed by atoms with Gasteiger partial charge in [-0.25, -0.2) is 4.98 Å². The second-order valence-electron chi connectivity index (χ2n) is 6.13. The summed E-state index contributed by atoms with van der Waals surface area (Å²) in [6.45, 7) is 7.48. The minimum absolute atomic E-state index is 0.0971. The smallest absolute Gasteiger partial charge is 0.278 e. The molecule has 0 saturated carbocycles. The molecule has 0 atom stereocenters. The highest BCUT2D eigenvalue weighted by molar-refractivity contribution is 7.22. The third-order valence-electron chi connectivity index (χ3n) is 4.64. The predicted molar refractivity (Wildman–Crippen MR) is 109 cm³/mol. The summed E-state index contributed by atoms with van der Waals surface area (Å²) in [5.74, 6) is 0.617. The Bertz CT molecular complexity index is 916. The van der Waals surface area contributed by atoms with Crippen LogP contribution in [0.3, 0.4) is 0 Å². The second-order valence-corrected chi connectivity index (χ2v) is 7.14. The van der Waals surface area contributed by atoms with E-state index in [1.54, 1.807) is 36.0 Å². The summed E-state index contributed by atoms with van der Waals surface area (Å²) < 4.78 is 8.02. The summed E-state index contributed by atoms with van der Waals surface area (Å²) in [4.78, 5) is 22.0. The van der Waals surface area contributed by atoms with Crippen molar-refractivity contribution in [2.24, 2.45) is 7.05 Å². The number of aromatic nitrogens is 3. The zero-order valence-corrected chi connectivity index (χ0v) is 17.0. The van der Waals surface area contributed by atoms with Crippen LogP contribution in [0.2, 0.25) is 0 Å². The molecule has 0 radical (unpaired) electrons. The molecule has 0 spiro atoms. The maximum Gasteiger partial charge on any atom is 0.278 e. The van der Waals surface area contributed by atoms with Crippen molar-refractivity contribution < 1.29 is 9.53 Å². The third-order valence-corrected chi connectivity index (χ3v) is 5.68. The summed E-state index contributed by atoms with van der Waals surface area (Å²) in [5.41, 5.74) is 1.33. The van der Waals surface area contributed by atoms with E-state index in [9.17, 15) is 4.79 Å². The molecule has 2 aromatic heterocycles. The maximum absolute atomic E-state index is 13.2. The van der Waals surface area contributed by atoms with Gasteiger partial charge in [0.05, 0.1) is 11.8 Å². The van der Waals surface area contributed by atoms with E-state index >= 15 is 0 Å². The number of nitrogens with zero attached hydrogens (tertiary/aromatic N) is 5. The zero-order valence-electron chi connectivity index (χ0n) is 16.2. The summed E-state index contributed by atoms with van der Waals surface area (Å²) in [5, 5.41) is 4.81. The summed E-state index contributed by atoms with van der Waals surface area (Å²) in [6.07, 6.45) is 1.64. The van der Waals surface area contributed by atoms with Crippen LogP contribution in [0.1, 0.15) is 24.3 Å². The van der Waals surface area contributed by atoms with E-state index in [2.05, 4.69) is 23.8 Å². The molecular formula is C19H25N5O2S. The lowest BCUT2D eigenvalue weighted by Gasteiger charge is -2.24. The Balaban J connectivity index is 1.98. The van der Waals surface area contributed by atoms with Crippen LogP contribution in [0.5, 0.6) is 5.75 Å². The highest BCUT2D eigenvalue weighted by atomic mass is 32.1. The van der Waals surface area contributed by atoms with Gasteiger partial charge in [0.25, 0.3) is 5.91 Å². The summed E-state index contributed by atoms with van der Waals surface area (Å²) >= 11 is 1.50. The number of para-hydroxylation sites is 1. The number of thiazole rings is 1. The summed E-state index contributed by atoms with van der Waals surface area (Å²) in [6, 6.07) is 7.55. The first-order valence-corrected chi connectivity index (χ1v) is 9.86.